The number of methoxy groups -OCH3 is 1. The molecule has 3 nitrogen and oxygen atoms in total. The lowest BCUT2D eigenvalue weighted by atomic mass is 9.98. The van der Waals surface area contributed by atoms with Gasteiger partial charge in [-0.3, -0.25) is 0 Å². The second-order valence-corrected chi connectivity index (χ2v) is 5.25. The molecule has 1 atom stereocenters. The third-order valence-corrected chi connectivity index (χ3v) is 3.21. The van der Waals surface area contributed by atoms with Gasteiger partial charge < -0.3 is 15.2 Å². The zero-order chi connectivity index (χ0) is 14.1. The SMILES string of the molecule is COCCOCCC(N)Cc1ccc(C(C)C)cc1. The van der Waals surface area contributed by atoms with Gasteiger partial charge in [0.2, 0.25) is 0 Å². The summed E-state index contributed by atoms with van der Waals surface area (Å²) in [5, 5.41) is 0. The van der Waals surface area contributed by atoms with Crippen molar-refractivity contribution in [2.24, 2.45) is 5.73 Å². The first kappa shape index (κ1) is 16.2. The Kier molecular flexibility index (Phi) is 7.72. The minimum Gasteiger partial charge on any atom is -0.382 e. The average molecular weight is 265 g/mol. The normalized spacial score (nSPS) is 12.9. The van der Waals surface area contributed by atoms with Crippen molar-refractivity contribution in [3.63, 3.8) is 0 Å². The van der Waals surface area contributed by atoms with E-state index in [0.29, 0.717) is 25.7 Å². The Bertz CT molecular complexity index is 335. The molecule has 1 aromatic rings. The van der Waals surface area contributed by atoms with Crippen LogP contribution in [-0.4, -0.2) is 33.0 Å². The predicted octanol–water partition coefficient (Wildman–Crippen LogP) is 2.73. The third kappa shape index (κ3) is 6.71. The standard InChI is InChI=1S/C16H27NO2/c1-13(2)15-6-4-14(5-7-15)12-16(17)8-9-19-11-10-18-3/h4-7,13,16H,8-12,17H2,1-3H3. The predicted molar refractivity (Wildman–Crippen MR) is 79.5 cm³/mol. The van der Waals surface area contributed by atoms with Gasteiger partial charge in [-0.15, -0.1) is 0 Å². The molecule has 0 spiro atoms. The van der Waals surface area contributed by atoms with Crippen LogP contribution >= 0.6 is 0 Å². The van der Waals surface area contributed by atoms with E-state index in [1.54, 1.807) is 7.11 Å². The lowest BCUT2D eigenvalue weighted by Gasteiger charge is -2.13. The quantitative estimate of drug-likeness (QED) is 0.698. The van der Waals surface area contributed by atoms with Crippen molar-refractivity contribution in [3.8, 4) is 0 Å². The van der Waals surface area contributed by atoms with E-state index in [4.69, 9.17) is 15.2 Å². The summed E-state index contributed by atoms with van der Waals surface area (Å²) in [7, 11) is 1.68. The molecule has 0 aliphatic heterocycles. The van der Waals surface area contributed by atoms with Crippen molar-refractivity contribution in [1.82, 2.24) is 0 Å². The summed E-state index contributed by atoms with van der Waals surface area (Å²) in [5.41, 5.74) is 8.78. The monoisotopic (exact) mass is 265 g/mol. The molecule has 1 unspecified atom stereocenters. The maximum atomic E-state index is 6.11. The molecule has 0 aliphatic carbocycles. The zero-order valence-corrected chi connectivity index (χ0v) is 12.4. The molecule has 0 radical (unpaired) electrons. The van der Waals surface area contributed by atoms with Gasteiger partial charge in [-0.25, -0.2) is 0 Å². The fourth-order valence-corrected chi connectivity index (χ4v) is 1.92. The Morgan fingerprint density at radius 2 is 1.74 bits per heavy atom. The Labute approximate surface area is 117 Å². The molecule has 1 aromatic carbocycles. The summed E-state index contributed by atoms with van der Waals surface area (Å²) in [6.07, 6.45) is 1.79. The van der Waals surface area contributed by atoms with Gasteiger partial charge >= 0.3 is 0 Å². The van der Waals surface area contributed by atoms with Crippen molar-refractivity contribution < 1.29 is 9.47 Å². The molecule has 0 aliphatic rings. The Morgan fingerprint density at radius 3 is 2.32 bits per heavy atom. The van der Waals surface area contributed by atoms with Gasteiger partial charge in [-0.05, 0) is 29.9 Å². The molecule has 0 fully saturated rings. The van der Waals surface area contributed by atoms with Crippen molar-refractivity contribution in [3.05, 3.63) is 35.4 Å². The molecule has 19 heavy (non-hydrogen) atoms. The Hall–Kier alpha value is -0.900. The van der Waals surface area contributed by atoms with Crippen LogP contribution in [0, 0.1) is 0 Å². The van der Waals surface area contributed by atoms with E-state index in [-0.39, 0.29) is 6.04 Å². The highest BCUT2D eigenvalue weighted by Crippen LogP contribution is 2.15. The van der Waals surface area contributed by atoms with Crippen LogP contribution < -0.4 is 5.73 Å². The summed E-state index contributed by atoms with van der Waals surface area (Å²) in [6, 6.07) is 8.92. The van der Waals surface area contributed by atoms with Gasteiger partial charge in [0.05, 0.1) is 13.2 Å². The summed E-state index contributed by atoms with van der Waals surface area (Å²) in [5.74, 6) is 0.580. The van der Waals surface area contributed by atoms with Crippen LogP contribution in [0.4, 0.5) is 0 Å². The molecule has 108 valence electrons. The summed E-state index contributed by atoms with van der Waals surface area (Å²) >= 11 is 0. The number of hydrogen-bond acceptors (Lipinski definition) is 3. The fourth-order valence-electron chi connectivity index (χ4n) is 1.92. The van der Waals surface area contributed by atoms with E-state index in [0.717, 1.165) is 12.8 Å². The summed E-state index contributed by atoms with van der Waals surface area (Å²) in [6.45, 7) is 6.41. The number of nitrogens with two attached hydrogens (primary N) is 1. The largest absolute Gasteiger partial charge is 0.382 e. The number of benzene rings is 1. The van der Waals surface area contributed by atoms with Crippen LogP contribution in [0.1, 0.15) is 37.3 Å². The van der Waals surface area contributed by atoms with Gasteiger partial charge in [-0.2, -0.15) is 0 Å². The first-order chi connectivity index (χ1) is 9.13. The second-order valence-electron chi connectivity index (χ2n) is 5.25. The van der Waals surface area contributed by atoms with Gasteiger partial charge in [0.15, 0.2) is 0 Å². The molecule has 0 bridgehead atoms. The summed E-state index contributed by atoms with van der Waals surface area (Å²) in [4.78, 5) is 0. The van der Waals surface area contributed by atoms with E-state index in [1.807, 2.05) is 0 Å². The highest BCUT2D eigenvalue weighted by Gasteiger charge is 2.05. The highest BCUT2D eigenvalue weighted by molar-refractivity contribution is 5.25. The molecule has 3 heteroatoms. The van der Waals surface area contributed by atoms with Crippen LogP contribution in [0.15, 0.2) is 24.3 Å². The first-order valence-electron chi connectivity index (χ1n) is 7.04. The van der Waals surface area contributed by atoms with Crippen LogP contribution in [0.2, 0.25) is 0 Å². The van der Waals surface area contributed by atoms with E-state index in [9.17, 15) is 0 Å². The minimum absolute atomic E-state index is 0.160. The average Bonchev–Trinajstić information content (AvgIpc) is 2.39. The van der Waals surface area contributed by atoms with Gasteiger partial charge in [0.1, 0.15) is 0 Å². The molecule has 0 saturated carbocycles. The fraction of sp³-hybridized carbons (Fsp3) is 0.625. The van der Waals surface area contributed by atoms with E-state index in [2.05, 4.69) is 38.1 Å². The van der Waals surface area contributed by atoms with Crippen molar-refractivity contribution in [2.45, 2.75) is 38.6 Å². The molecule has 1 rings (SSSR count). The first-order valence-corrected chi connectivity index (χ1v) is 7.04. The Balaban J connectivity index is 2.26. The summed E-state index contributed by atoms with van der Waals surface area (Å²) < 4.78 is 10.3. The van der Waals surface area contributed by atoms with Crippen molar-refractivity contribution in [2.75, 3.05) is 26.9 Å². The molecule has 0 saturated heterocycles. The number of ether oxygens (including phenoxy) is 2. The smallest absolute Gasteiger partial charge is 0.0700 e. The van der Waals surface area contributed by atoms with Crippen LogP contribution in [-0.2, 0) is 15.9 Å². The maximum Gasteiger partial charge on any atom is 0.0700 e. The number of hydrogen-bond donors (Lipinski definition) is 1. The van der Waals surface area contributed by atoms with Crippen LogP contribution in [0.3, 0.4) is 0 Å². The van der Waals surface area contributed by atoms with Gasteiger partial charge in [0, 0.05) is 19.8 Å². The molecule has 0 heterocycles. The van der Waals surface area contributed by atoms with E-state index >= 15 is 0 Å². The van der Waals surface area contributed by atoms with E-state index < -0.39 is 0 Å². The minimum atomic E-state index is 0.160. The molecular weight excluding hydrogens is 238 g/mol. The molecular formula is C16H27NO2. The lowest BCUT2D eigenvalue weighted by Crippen LogP contribution is -2.25. The maximum absolute atomic E-state index is 6.11. The third-order valence-electron chi connectivity index (χ3n) is 3.21. The molecule has 0 amide bonds. The zero-order valence-electron chi connectivity index (χ0n) is 12.4. The van der Waals surface area contributed by atoms with E-state index in [1.165, 1.54) is 11.1 Å². The lowest BCUT2D eigenvalue weighted by molar-refractivity contribution is 0.0672. The molecule has 2 N–H and O–H groups in total. The number of rotatable bonds is 9. The molecule has 0 aromatic heterocycles. The van der Waals surface area contributed by atoms with Crippen LogP contribution in [0.5, 0.6) is 0 Å². The highest BCUT2D eigenvalue weighted by atomic mass is 16.5. The van der Waals surface area contributed by atoms with Crippen LogP contribution in [0.25, 0.3) is 0 Å². The van der Waals surface area contributed by atoms with Crippen molar-refractivity contribution >= 4 is 0 Å². The second kappa shape index (κ2) is 9.08. The van der Waals surface area contributed by atoms with Gasteiger partial charge in [-0.1, -0.05) is 38.1 Å². The topological polar surface area (TPSA) is 44.5 Å². The van der Waals surface area contributed by atoms with Crippen molar-refractivity contribution in [1.29, 1.82) is 0 Å². The van der Waals surface area contributed by atoms with Gasteiger partial charge in [0.25, 0.3) is 0 Å². The Morgan fingerprint density at radius 1 is 1.05 bits per heavy atom.